The molecular formula is C13H21N3O3. The van der Waals surface area contributed by atoms with Crippen LogP contribution in [0.5, 0.6) is 5.88 Å². The van der Waals surface area contributed by atoms with Crippen LogP contribution in [0.3, 0.4) is 0 Å². The lowest BCUT2D eigenvalue weighted by Crippen LogP contribution is -2.05. The van der Waals surface area contributed by atoms with Gasteiger partial charge in [0, 0.05) is 6.54 Å². The van der Waals surface area contributed by atoms with Crippen molar-refractivity contribution in [1.82, 2.24) is 4.98 Å². The van der Waals surface area contributed by atoms with Gasteiger partial charge in [-0.2, -0.15) is 4.98 Å². The Morgan fingerprint density at radius 3 is 2.79 bits per heavy atom. The van der Waals surface area contributed by atoms with Crippen LogP contribution < -0.4 is 10.1 Å². The highest BCUT2D eigenvalue weighted by molar-refractivity contribution is 5.48. The van der Waals surface area contributed by atoms with E-state index < -0.39 is 4.92 Å². The molecule has 0 aliphatic heterocycles. The standard InChI is InChI=1S/C13H21N3O3/c1-4-14-12-8-11(16(17)18)9-13(15-12)19-7-5-6-10(2)3/h8-10H,4-7H2,1-3H3,(H,14,15). The minimum Gasteiger partial charge on any atom is -0.477 e. The van der Waals surface area contributed by atoms with Crippen molar-refractivity contribution in [2.24, 2.45) is 5.92 Å². The second-order valence-electron chi connectivity index (χ2n) is 4.72. The highest BCUT2D eigenvalue weighted by Crippen LogP contribution is 2.22. The van der Waals surface area contributed by atoms with Gasteiger partial charge in [-0.15, -0.1) is 0 Å². The maximum Gasteiger partial charge on any atom is 0.278 e. The SMILES string of the molecule is CCNc1cc([N+](=O)[O-])cc(OCCCC(C)C)n1. The van der Waals surface area contributed by atoms with Crippen LogP contribution >= 0.6 is 0 Å². The monoisotopic (exact) mass is 267 g/mol. The fraction of sp³-hybridized carbons (Fsp3) is 0.615. The van der Waals surface area contributed by atoms with Gasteiger partial charge >= 0.3 is 0 Å². The summed E-state index contributed by atoms with van der Waals surface area (Å²) in [4.78, 5) is 14.6. The molecule has 1 aromatic heterocycles. The highest BCUT2D eigenvalue weighted by Gasteiger charge is 2.11. The van der Waals surface area contributed by atoms with Crippen molar-refractivity contribution >= 4 is 11.5 Å². The predicted molar refractivity (Wildman–Crippen MR) is 74.6 cm³/mol. The predicted octanol–water partition coefficient (Wildman–Crippen LogP) is 3.24. The van der Waals surface area contributed by atoms with Gasteiger partial charge in [0.15, 0.2) is 0 Å². The van der Waals surface area contributed by atoms with E-state index in [-0.39, 0.29) is 5.69 Å². The molecule has 0 radical (unpaired) electrons. The number of hydrogen-bond acceptors (Lipinski definition) is 5. The Balaban J connectivity index is 2.67. The minimum atomic E-state index is -0.441. The van der Waals surface area contributed by atoms with Crippen LogP contribution in [0.2, 0.25) is 0 Å². The number of nitro groups is 1. The zero-order valence-corrected chi connectivity index (χ0v) is 11.7. The molecule has 6 nitrogen and oxygen atoms in total. The number of anilines is 1. The number of nitrogens with zero attached hydrogens (tertiary/aromatic N) is 2. The zero-order valence-electron chi connectivity index (χ0n) is 11.7. The number of pyridine rings is 1. The first-order chi connectivity index (χ1) is 9.02. The Morgan fingerprint density at radius 2 is 2.21 bits per heavy atom. The molecule has 0 aliphatic carbocycles. The van der Waals surface area contributed by atoms with Crippen LogP contribution in [0.4, 0.5) is 11.5 Å². The third kappa shape index (κ3) is 5.54. The molecule has 6 heteroatoms. The smallest absolute Gasteiger partial charge is 0.278 e. The molecule has 1 heterocycles. The quantitative estimate of drug-likeness (QED) is 0.444. The molecule has 0 saturated heterocycles. The number of rotatable bonds is 8. The Morgan fingerprint density at radius 1 is 1.47 bits per heavy atom. The first-order valence-corrected chi connectivity index (χ1v) is 6.56. The summed E-state index contributed by atoms with van der Waals surface area (Å²) in [6.45, 7) is 7.38. The number of nitrogens with one attached hydrogen (secondary N) is 1. The Kier molecular flexibility index (Phi) is 6.05. The molecule has 1 aromatic rings. The molecule has 19 heavy (non-hydrogen) atoms. The van der Waals surface area contributed by atoms with Crippen molar-refractivity contribution in [3.05, 3.63) is 22.2 Å². The van der Waals surface area contributed by atoms with E-state index in [0.29, 0.717) is 30.8 Å². The average molecular weight is 267 g/mol. The van der Waals surface area contributed by atoms with Crippen molar-refractivity contribution in [3.8, 4) is 5.88 Å². The molecule has 1 N–H and O–H groups in total. The first kappa shape index (κ1) is 15.2. The normalized spacial score (nSPS) is 10.5. The summed E-state index contributed by atoms with van der Waals surface area (Å²) in [7, 11) is 0. The van der Waals surface area contributed by atoms with Crippen molar-refractivity contribution in [2.75, 3.05) is 18.5 Å². The molecule has 106 valence electrons. The fourth-order valence-electron chi connectivity index (χ4n) is 1.61. The molecule has 1 rings (SSSR count). The van der Waals surface area contributed by atoms with Crippen LogP contribution in [0, 0.1) is 16.0 Å². The van der Waals surface area contributed by atoms with Gasteiger partial charge in [0.1, 0.15) is 5.82 Å². The molecule has 0 atom stereocenters. The Hall–Kier alpha value is -1.85. The minimum absolute atomic E-state index is 0.00944. The summed E-state index contributed by atoms with van der Waals surface area (Å²) < 4.78 is 5.48. The van der Waals surface area contributed by atoms with E-state index in [1.165, 1.54) is 12.1 Å². The molecule has 0 aliphatic rings. The van der Waals surface area contributed by atoms with Crippen molar-refractivity contribution in [1.29, 1.82) is 0 Å². The maximum absolute atomic E-state index is 10.8. The van der Waals surface area contributed by atoms with Gasteiger partial charge in [0.25, 0.3) is 5.69 Å². The van der Waals surface area contributed by atoms with E-state index in [0.717, 1.165) is 12.8 Å². The topological polar surface area (TPSA) is 77.3 Å². The fourth-order valence-corrected chi connectivity index (χ4v) is 1.61. The summed E-state index contributed by atoms with van der Waals surface area (Å²) in [5.41, 5.74) is -0.00944. The molecule has 0 bridgehead atoms. The second-order valence-corrected chi connectivity index (χ2v) is 4.72. The molecule has 0 fully saturated rings. The van der Waals surface area contributed by atoms with Crippen LogP contribution in [0.25, 0.3) is 0 Å². The molecule has 0 aromatic carbocycles. The van der Waals surface area contributed by atoms with E-state index in [9.17, 15) is 10.1 Å². The number of aromatic nitrogens is 1. The van der Waals surface area contributed by atoms with Gasteiger partial charge < -0.3 is 10.1 Å². The van der Waals surface area contributed by atoms with Crippen LogP contribution in [-0.2, 0) is 0 Å². The van der Waals surface area contributed by atoms with E-state index in [1.807, 2.05) is 6.92 Å². The summed E-state index contributed by atoms with van der Waals surface area (Å²) in [6.07, 6.45) is 1.98. The highest BCUT2D eigenvalue weighted by atomic mass is 16.6. The van der Waals surface area contributed by atoms with Crippen molar-refractivity contribution in [2.45, 2.75) is 33.6 Å². The Bertz CT molecular complexity index is 422. The van der Waals surface area contributed by atoms with Gasteiger partial charge in [-0.05, 0) is 25.7 Å². The summed E-state index contributed by atoms with van der Waals surface area (Å²) >= 11 is 0. The van der Waals surface area contributed by atoms with Crippen LogP contribution in [0.1, 0.15) is 33.6 Å². The zero-order chi connectivity index (χ0) is 14.3. The first-order valence-electron chi connectivity index (χ1n) is 6.56. The average Bonchev–Trinajstić information content (AvgIpc) is 2.34. The Labute approximate surface area is 113 Å². The summed E-state index contributed by atoms with van der Waals surface area (Å²) in [6, 6.07) is 2.76. The van der Waals surface area contributed by atoms with E-state index in [1.54, 1.807) is 0 Å². The molecule has 0 spiro atoms. The van der Waals surface area contributed by atoms with Gasteiger partial charge in [-0.25, -0.2) is 0 Å². The van der Waals surface area contributed by atoms with Crippen LogP contribution in [0.15, 0.2) is 12.1 Å². The van der Waals surface area contributed by atoms with Crippen molar-refractivity contribution in [3.63, 3.8) is 0 Å². The van der Waals surface area contributed by atoms with Crippen molar-refractivity contribution < 1.29 is 9.66 Å². The van der Waals surface area contributed by atoms with E-state index >= 15 is 0 Å². The maximum atomic E-state index is 10.8. The lowest BCUT2D eigenvalue weighted by Gasteiger charge is -2.09. The number of hydrogen-bond donors (Lipinski definition) is 1. The lowest BCUT2D eigenvalue weighted by atomic mass is 10.1. The third-order valence-corrected chi connectivity index (χ3v) is 2.53. The molecular weight excluding hydrogens is 246 g/mol. The van der Waals surface area contributed by atoms with Gasteiger partial charge in [-0.1, -0.05) is 13.8 Å². The summed E-state index contributed by atoms with van der Waals surface area (Å²) in [5, 5.41) is 13.8. The van der Waals surface area contributed by atoms with E-state index in [2.05, 4.69) is 24.1 Å². The molecule has 0 saturated carbocycles. The van der Waals surface area contributed by atoms with Crippen LogP contribution in [-0.4, -0.2) is 23.1 Å². The number of ether oxygens (including phenoxy) is 1. The summed E-state index contributed by atoms with van der Waals surface area (Å²) in [5.74, 6) is 1.39. The second kappa shape index (κ2) is 7.56. The molecule has 0 unspecified atom stereocenters. The van der Waals surface area contributed by atoms with Gasteiger partial charge in [0.2, 0.25) is 5.88 Å². The third-order valence-electron chi connectivity index (χ3n) is 2.53. The van der Waals surface area contributed by atoms with Gasteiger partial charge in [-0.3, -0.25) is 10.1 Å². The van der Waals surface area contributed by atoms with E-state index in [4.69, 9.17) is 4.74 Å². The largest absolute Gasteiger partial charge is 0.477 e. The lowest BCUT2D eigenvalue weighted by molar-refractivity contribution is -0.384. The molecule has 0 amide bonds. The van der Waals surface area contributed by atoms with Gasteiger partial charge in [0.05, 0.1) is 23.7 Å².